The summed E-state index contributed by atoms with van der Waals surface area (Å²) in [7, 11) is 0. The molecule has 2 aromatic rings. The smallest absolute Gasteiger partial charge is 0.239 e. The van der Waals surface area contributed by atoms with Crippen molar-refractivity contribution in [3.63, 3.8) is 0 Å². The third kappa shape index (κ3) is 7.15. The molecule has 152 valence electrons. The van der Waals surface area contributed by atoms with Gasteiger partial charge in [0.2, 0.25) is 11.8 Å². The molecule has 0 saturated carbocycles. The standard InChI is InChI=1S/C21H26ClN3O2.ClH/c1-14(2)20(23)21(27)24-13-19(26)25-18(15-8-4-3-5-9-15)12-16-10-6-7-11-17(16)22;/h3-11,14,18,20H,12-13,23H2,1-2H3,(H,24,27)(H,25,26);1H/t18?,20-;/m0./s1. The highest BCUT2D eigenvalue weighted by molar-refractivity contribution is 6.31. The lowest BCUT2D eigenvalue weighted by atomic mass is 9.98. The molecule has 2 rings (SSSR count). The molecule has 2 amide bonds. The number of carbonyl (C=O) groups excluding carboxylic acids is 2. The number of hydrogen-bond acceptors (Lipinski definition) is 3. The van der Waals surface area contributed by atoms with Crippen LogP contribution in [0.1, 0.15) is 31.0 Å². The summed E-state index contributed by atoms with van der Waals surface area (Å²) in [6, 6.07) is 16.3. The summed E-state index contributed by atoms with van der Waals surface area (Å²) < 4.78 is 0. The average molecular weight is 424 g/mol. The van der Waals surface area contributed by atoms with Crippen LogP contribution in [0.3, 0.4) is 0 Å². The van der Waals surface area contributed by atoms with Crippen molar-refractivity contribution in [3.05, 3.63) is 70.7 Å². The van der Waals surface area contributed by atoms with E-state index in [1.807, 2.05) is 68.4 Å². The normalized spacial score (nSPS) is 12.6. The summed E-state index contributed by atoms with van der Waals surface area (Å²) in [5.74, 6) is -0.604. The van der Waals surface area contributed by atoms with Gasteiger partial charge in [-0.2, -0.15) is 0 Å². The van der Waals surface area contributed by atoms with E-state index in [4.69, 9.17) is 17.3 Å². The Morgan fingerprint density at radius 2 is 1.64 bits per heavy atom. The Labute approximate surface area is 177 Å². The van der Waals surface area contributed by atoms with Crippen molar-refractivity contribution in [2.24, 2.45) is 11.7 Å². The van der Waals surface area contributed by atoms with Gasteiger partial charge < -0.3 is 16.4 Å². The first-order chi connectivity index (χ1) is 12.9. The lowest BCUT2D eigenvalue weighted by molar-refractivity contribution is -0.127. The summed E-state index contributed by atoms with van der Waals surface area (Å²) in [6.07, 6.45) is 0.550. The predicted molar refractivity (Wildman–Crippen MR) is 116 cm³/mol. The second-order valence-corrected chi connectivity index (χ2v) is 7.22. The van der Waals surface area contributed by atoms with Gasteiger partial charge in [0, 0.05) is 5.02 Å². The Bertz CT molecular complexity index is 769. The number of carbonyl (C=O) groups is 2. The predicted octanol–water partition coefficient (Wildman–Crippen LogP) is 3.26. The van der Waals surface area contributed by atoms with E-state index in [2.05, 4.69) is 10.6 Å². The molecular formula is C21H27Cl2N3O2. The van der Waals surface area contributed by atoms with E-state index >= 15 is 0 Å². The van der Waals surface area contributed by atoms with Crippen LogP contribution in [-0.2, 0) is 16.0 Å². The first-order valence-corrected chi connectivity index (χ1v) is 9.37. The van der Waals surface area contributed by atoms with Crippen molar-refractivity contribution < 1.29 is 9.59 Å². The Morgan fingerprint density at radius 1 is 1.04 bits per heavy atom. The molecule has 0 aliphatic carbocycles. The maximum absolute atomic E-state index is 12.4. The van der Waals surface area contributed by atoms with Gasteiger partial charge in [-0.3, -0.25) is 9.59 Å². The zero-order chi connectivity index (χ0) is 19.8. The molecule has 28 heavy (non-hydrogen) atoms. The number of nitrogens with one attached hydrogen (secondary N) is 2. The molecule has 0 aromatic heterocycles. The van der Waals surface area contributed by atoms with Crippen molar-refractivity contribution in [1.29, 1.82) is 0 Å². The molecule has 4 N–H and O–H groups in total. The van der Waals surface area contributed by atoms with E-state index < -0.39 is 6.04 Å². The summed E-state index contributed by atoms with van der Waals surface area (Å²) in [5.41, 5.74) is 7.71. The zero-order valence-corrected chi connectivity index (χ0v) is 17.6. The fraction of sp³-hybridized carbons (Fsp3) is 0.333. The fourth-order valence-electron chi connectivity index (χ4n) is 2.65. The highest BCUT2D eigenvalue weighted by Gasteiger charge is 2.20. The minimum atomic E-state index is -0.633. The topological polar surface area (TPSA) is 84.2 Å². The van der Waals surface area contributed by atoms with Crippen LogP contribution >= 0.6 is 24.0 Å². The highest BCUT2D eigenvalue weighted by Crippen LogP contribution is 2.23. The van der Waals surface area contributed by atoms with E-state index in [9.17, 15) is 9.59 Å². The Hall–Kier alpha value is -2.08. The van der Waals surface area contributed by atoms with Crippen LogP contribution in [0.25, 0.3) is 0 Å². The lowest BCUT2D eigenvalue weighted by Crippen LogP contribution is -2.47. The van der Waals surface area contributed by atoms with Crippen LogP contribution < -0.4 is 16.4 Å². The second-order valence-electron chi connectivity index (χ2n) is 6.81. The molecule has 1 unspecified atom stereocenters. The average Bonchev–Trinajstić information content (AvgIpc) is 2.67. The van der Waals surface area contributed by atoms with E-state index in [0.717, 1.165) is 11.1 Å². The number of benzene rings is 2. The third-order valence-corrected chi connectivity index (χ3v) is 4.73. The molecular weight excluding hydrogens is 397 g/mol. The van der Waals surface area contributed by atoms with Gasteiger partial charge in [-0.1, -0.05) is 74.0 Å². The fourth-order valence-corrected chi connectivity index (χ4v) is 2.87. The van der Waals surface area contributed by atoms with Crippen molar-refractivity contribution in [3.8, 4) is 0 Å². The number of rotatable bonds is 8. The Balaban J connectivity index is 0.00000392. The van der Waals surface area contributed by atoms with Gasteiger partial charge in [-0.05, 0) is 29.5 Å². The number of hydrogen-bond donors (Lipinski definition) is 3. The van der Waals surface area contributed by atoms with Gasteiger partial charge in [0.15, 0.2) is 0 Å². The molecule has 2 aromatic carbocycles. The molecule has 0 heterocycles. The van der Waals surface area contributed by atoms with Gasteiger partial charge >= 0.3 is 0 Å². The van der Waals surface area contributed by atoms with Gasteiger partial charge in [-0.25, -0.2) is 0 Å². The summed E-state index contributed by atoms with van der Waals surface area (Å²) in [6.45, 7) is 3.60. The van der Waals surface area contributed by atoms with Gasteiger partial charge in [-0.15, -0.1) is 12.4 Å². The minimum absolute atomic E-state index is 0. The molecule has 0 radical (unpaired) electrons. The molecule has 0 aliphatic heterocycles. The number of halogens is 2. The van der Waals surface area contributed by atoms with Crippen LogP contribution in [0, 0.1) is 5.92 Å². The first kappa shape index (κ1) is 24.0. The van der Waals surface area contributed by atoms with Crippen LogP contribution in [0.2, 0.25) is 5.02 Å². The zero-order valence-electron chi connectivity index (χ0n) is 16.0. The first-order valence-electron chi connectivity index (χ1n) is 8.99. The van der Waals surface area contributed by atoms with Crippen LogP contribution in [0.4, 0.5) is 0 Å². The van der Waals surface area contributed by atoms with Crippen LogP contribution in [0.5, 0.6) is 0 Å². The summed E-state index contributed by atoms with van der Waals surface area (Å²) >= 11 is 6.28. The summed E-state index contributed by atoms with van der Waals surface area (Å²) in [5, 5.41) is 6.23. The van der Waals surface area contributed by atoms with E-state index in [1.54, 1.807) is 0 Å². The quantitative estimate of drug-likeness (QED) is 0.608. The third-order valence-electron chi connectivity index (χ3n) is 4.36. The molecule has 0 aliphatic rings. The molecule has 0 saturated heterocycles. The van der Waals surface area contributed by atoms with Crippen LogP contribution in [0.15, 0.2) is 54.6 Å². The van der Waals surface area contributed by atoms with E-state index in [0.29, 0.717) is 11.4 Å². The SMILES string of the molecule is CC(C)[C@H](N)C(=O)NCC(=O)NC(Cc1ccccc1Cl)c1ccccc1.Cl. The van der Waals surface area contributed by atoms with E-state index in [-0.39, 0.29) is 42.7 Å². The second kappa shape index (κ2) is 11.7. The van der Waals surface area contributed by atoms with Crippen molar-refractivity contribution in [1.82, 2.24) is 10.6 Å². The van der Waals surface area contributed by atoms with Crippen molar-refractivity contribution in [2.45, 2.75) is 32.4 Å². The highest BCUT2D eigenvalue weighted by atomic mass is 35.5. The number of nitrogens with two attached hydrogens (primary N) is 1. The molecule has 7 heteroatoms. The largest absolute Gasteiger partial charge is 0.347 e. The number of amides is 2. The monoisotopic (exact) mass is 423 g/mol. The van der Waals surface area contributed by atoms with Gasteiger partial charge in [0.1, 0.15) is 0 Å². The molecule has 0 fully saturated rings. The maximum Gasteiger partial charge on any atom is 0.239 e. The molecule has 5 nitrogen and oxygen atoms in total. The molecule has 0 bridgehead atoms. The van der Waals surface area contributed by atoms with Gasteiger partial charge in [0.05, 0.1) is 18.6 Å². The maximum atomic E-state index is 12.4. The van der Waals surface area contributed by atoms with Crippen LogP contribution in [-0.4, -0.2) is 24.4 Å². The van der Waals surface area contributed by atoms with Crippen molar-refractivity contribution in [2.75, 3.05) is 6.54 Å². The molecule has 2 atom stereocenters. The Morgan fingerprint density at radius 3 is 2.25 bits per heavy atom. The van der Waals surface area contributed by atoms with Gasteiger partial charge in [0.25, 0.3) is 0 Å². The lowest BCUT2D eigenvalue weighted by Gasteiger charge is -2.21. The Kier molecular flexibility index (Phi) is 10.0. The minimum Gasteiger partial charge on any atom is -0.347 e. The van der Waals surface area contributed by atoms with Crippen molar-refractivity contribution >= 4 is 35.8 Å². The molecule has 0 spiro atoms. The summed E-state index contributed by atoms with van der Waals surface area (Å²) in [4.78, 5) is 24.3. The van der Waals surface area contributed by atoms with E-state index in [1.165, 1.54) is 0 Å².